The van der Waals surface area contributed by atoms with Crippen LogP contribution in [-0.4, -0.2) is 52.7 Å². The Bertz CT molecular complexity index is 1760. The number of ether oxygens (including phenoxy) is 3. The minimum absolute atomic E-state index is 0.0755. The predicted molar refractivity (Wildman–Crippen MR) is 152 cm³/mol. The van der Waals surface area contributed by atoms with Crippen molar-refractivity contribution in [1.82, 2.24) is 19.5 Å². The molecule has 0 radical (unpaired) electrons. The molecule has 2 aromatic heterocycles. The van der Waals surface area contributed by atoms with Crippen LogP contribution in [0.2, 0.25) is 10.0 Å². The molecule has 2 aliphatic heterocycles. The summed E-state index contributed by atoms with van der Waals surface area (Å²) in [5, 5.41) is 3.72. The zero-order valence-electron chi connectivity index (χ0n) is 22.7. The topological polar surface area (TPSA) is 121 Å². The summed E-state index contributed by atoms with van der Waals surface area (Å²) >= 11 is 12.7. The number of nitrogens with zero attached hydrogens (tertiary/aromatic N) is 5. The zero-order valence-corrected chi connectivity index (χ0v) is 24.2. The molecule has 210 valence electrons. The van der Waals surface area contributed by atoms with Crippen LogP contribution in [0.3, 0.4) is 0 Å². The Kier molecular flexibility index (Phi) is 6.31. The van der Waals surface area contributed by atoms with Crippen molar-refractivity contribution in [3.05, 3.63) is 69.6 Å². The van der Waals surface area contributed by atoms with Crippen LogP contribution in [0.1, 0.15) is 41.6 Å². The molecule has 4 aromatic rings. The van der Waals surface area contributed by atoms with E-state index in [9.17, 15) is 9.59 Å². The number of imidazole rings is 1. The molecule has 1 atom stereocenters. The quantitative estimate of drug-likeness (QED) is 0.327. The molecule has 0 saturated carbocycles. The maximum atomic E-state index is 14.5. The van der Waals surface area contributed by atoms with Crippen molar-refractivity contribution in [3.63, 3.8) is 0 Å². The van der Waals surface area contributed by atoms with E-state index in [-0.39, 0.29) is 23.6 Å². The summed E-state index contributed by atoms with van der Waals surface area (Å²) in [5.41, 5.74) is 0.479. The maximum absolute atomic E-state index is 14.5. The van der Waals surface area contributed by atoms with Gasteiger partial charge < -0.3 is 24.1 Å². The van der Waals surface area contributed by atoms with Gasteiger partial charge in [0.1, 0.15) is 11.6 Å². The number of amides is 2. The average Bonchev–Trinajstić information content (AvgIpc) is 3.56. The fourth-order valence-corrected chi connectivity index (χ4v) is 5.94. The van der Waals surface area contributed by atoms with Gasteiger partial charge in [0, 0.05) is 33.5 Å². The molecule has 0 fully saturated rings. The minimum Gasteiger partial charge on any atom is -0.495 e. The highest BCUT2D eigenvalue weighted by Crippen LogP contribution is 2.56. The molecule has 4 heterocycles. The van der Waals surface area contributed by atoms with Crippen LogP contribution < -0.4 is 24.4 Å². The van der Waals surface area contributed by atoms with Crippen molar-refractivity contribution in [1.29, 1.82) is 0 Å². The van der Waals surface area contributed by atoms with Crippen LogP contribution in [0, 0.1) is 0 Å². The highest BCUT2D eigenvalue weighted by atomic mass is 35.5. The smallest absolute Gasteiger partial charge is 0.319 e. The molecule has 2 aliphatic rings. The van der Waals surface area contributed by atoms with Crippen molar-refractivity contribution in [2.75, 3.05) is 31.5 Å². The van der Waals surface area contributed by atoms with Gasteiger partial charge in [-0.25, -0.2) is 9.97 Å². The van der Waals surface area contributed by atoms with Gasteiger partial charge in [0.05, 0.1) is 38.3 Å². The Morgan fingerprint density at radius 1 is 0.951 bits per heavy atom. The average molecular weight is 595 g/mol. The molecule has 0 bridgehead atoms. The first-order valence-electron chi connectivity index (χ1n) is 12.5. The number of fused-ring (bicyclic) bond motifs is 4. The van der Waals surface area contributed by atoms with Crippen LogP contribution >= 0.6 is 23.2 Å². The molecule has 1 spiro atoms. The van der Waals surface area contributed by atoms with Gasteiger partial charge in [0.2, 0.25) is 5.88 Å². The summed E-state index contributed by atoms with van der Waals surface area (Å²) in [6.45, 7) is 3.86. The number of rotatable bonds is 6. The number of halogens is 2. The Hall–Kier alpha value is -4.35. The first-order valence-corrected chi connectivity index (χ1v) is 13.3. The van der Waals surface area contributed by atoms with E-state index in [1.807, 2.05) is 18.4 Å². The molecule has 13 heteroatoms. The van der Waals surface area contributed by atoms with Gasteiger partial charge in [-0.15, -0.1) is 0 Å². The highest BCUT2D eigenvalue weighted by molar-refractivity contribution is 6.32. The Morgan fingerprint density at radius 2 is 1.68 bits per heavy atom. The van der Waals surface area contributed by atoms with E-state index in [0.717, 1.165) is 0 Å². The summed E-state index contributed by atoms with van der Waals surface area (Å²) in [7, 11) is 4.39. The third-order valence-electron chi connectivity index (χ3n) is 7.19. The van der Waals surface area contributed by atoms with Gasteiger partial charge in [-0.3, -0.25) is 14.5 Å². The first kappa shape index (κ1) is 26.9. The van der Waals surface area contributed by atoms with Gasteiger partial charge in [-0.1, -0.05) is 29.3 Å². The monoisotopic (exact) mass is 594 g/mol. The van der Waals surface area contributed by atoms with Crippen molar-refractivity contribution in [2.45, 2.75) is 25.4 Å². The predicted octanol–water partition coefficient (Wildman–Crippen LogP) is 5.11. The number of anilines is 2. The van der Waals surface area contributed by atoms with Gasteiger partial charge >= 0.3 is 6.01 Å². The van der Waals surface area contributed by atoms with Crippen molar-refractivity contribution in [2.24, 2.45) is 0 Å². The lowest BCUT2D eigenvalue weighted by molar-refractivity contribution is -0.119. The van der Waals surface area contributed by atoms with Crippen LogP contribution in [0.25, 0.3) is 11.4 Å². The molecular formula is C28H24Cl2N6O5. The molecule has 0 saturated heterocycles. The second-order valence-electron chi connectivity index (χ2n) is 9.69. The fraction of sp³-hybridized carbons (Fsp3) is 0.250. The third kappa shape index (κ3) is 3.69. The molecule has 41 heavy (non-hydrogen) atoms. The molecule has 2 amide bonds. The lowest BCUT2D eigenvalue weighted by atomic mass is 9.87. The number of methoxy groups -OCH3 is 3. The molecule has 0 unspecified atom stereocenters. The summed E-state index contributed by atoms with van der Waals surface area (Å²) in [4.78, 5) is 43.6. The first-order chi connectivity index (χ1) is 19.7. The van der Waals surface area contributed by atoms with Gasteiger partial charge in [-0.2, -0.15) is 4.98 Å². The molecule has 11 nitrogen and oxygen atoms in total. The van der Waals surface area contributed by atoms with Crippen LogP contribution in [0.15, 0.2) is 42.6 Å². The number of aromatic nitrogens is 4. The van der Waals surface area contributed by atoms with E-state index in [4.69, 9.17) is 42.4 Å². The molecule has 0 aliphatic carbocycles. The van der Waals surface area contributed by atoms with E-state index in [2.05, 4.69) is 15.3 Å². The summed E-state index contributed by atoms with van der Waals surface area (Å²) in [6.07, 6.45) is 1.51. The second kappa shape index (κ2) is 9.64. The van der Waals surface area contributed by atoms with Gasteiger partial charge in [-0.05, 0) is 44.2 Å². The number of benzene rings is 2. The zero-order chi connectivity index (χ0) is 29.2. The highest BCUT2D eigenvalue weighted by Gasteiger charge is 2.64. The molecule has 6 rings (SSSR count). The normalized spacial score (nSPS) is 17.2. The third-order valence-corrected chi connectivity index (χ3v) is 7.66. The number of hydrogen-bond donors (Lipinski definition) is 1. The Balaban J connectivity index is 1.73. The van der Waals surface area contributed by atoms with E-state index in [1.165, 1.54) is 32.4 Å². The number of carbonyl (C=O) groups excluding carboxylic acids is 2. The lowest BCUT2D eigenvalue weighted by Crippen LogP contribution is -2.51. The van der Waals surface area contributed by atoms with E-state index < -0.39 is 17.4 Å². The Labute approximate surface area is 245 Å². The van der Waals surface area contributed by atoms with Crippen LogP contribution in [0.4, 0.5) is 11.4 Å². The number of carbonyl (C=O) groups is 2. The van der Waals surface area contributed by atoms with Crippen molar-refractivity contribution >= 4 is 46.4 Å². The molecular weight excluding hydrogens is 571 g/mol. The largest absolute Gasteiger partial charge is 0.495 e. The summed E-state index contributed by atoms with van der Waals surface area (Å²) < 4.78 is 18.2. The number of nitrogens with one attached hydrogen (secondary N) is 1. The molecule has 2 aromatic carbocycles. The van der Waals surface area contributed by atoms with Gasteiger partial charge in [0.25, 0.3) is 11.8 Å². The lowest BCUT2D eigenvalue weighted by Gasteiger charge is -2.36. The molecule has 1 N–H and O–H groups in total. The van der Waals surface area contributed by atoms with Crippen LogP contribution in [-0.2, 0) is 10.3 Å². The van der Waals surface area contributed by atoms with Crippen LogP contribution in [0.5, 0.6) is 17.6 Å². The van der Waals surface area contributed by atoms with E-state index in [1.54, 1.807) is 36.4 Å². The van der Waals surface area contributed by atoms with E-state index in [0.29, 0.717) is 49.8 Å². The van der Waals surface area contributed by atoms with Gasteiger partial charge in [0.15, 0.2) is 11.2 Å². The number of hydrogen-bond acceptors (Lipinski definition) is 8. The van der Waals surface area contributed by atoms with Crippen molar-refractivity contribution < 1.29 is 23.8 Å². The SMILES string of the molecule is COc1ncc(-c2nc3c(n2C(C)C)[C@@]2(C(=O)Nc4cc(Cl)ccc42)N(c2cc(Cl)ccc2OC)C3=O)c(OC)n1. The standard InChI is InChI=1S/C28H24Cl2N6O5/c1-13(2)35-22-21(33-23(35)16-12-31-27(41-5)34-24(16)40-4)25(37)36(19-11-15(30)7-9-20(19)39-3)28(22)17-8-6-14(29)10-18(17)32-26(28)38/h6-13H,1-5H3,(H,32,38)/t28-/m0/s1. The summed E-state index contributed by atoms with van der Waals surface area (Å²) in [5.74, 6) is -0.0858. The van der Waals surface area contributed by atoms with E-state index >= 15 is 0 Å². The summed E-state index contributed by atoms with van der Waals surface area (Å²) in [6, 6.07) is 9.77. The maximum Gasteiger partial charge on any atom is 0.319 e. The van der Waals surface area contributed by atoms with Crippen molar-refractivity contribution in [3.8, 4) is 29.0 Å². The fourth-order valence-electron chi connectivity index (χ4n) is 5.60. The second-order valence-corrected chi connectivity index (χ2v) is 10.6. The Morgan fingerprint density at radius 3 is 2.37 bits per heavy atom. The minimum atomic E-state index is -1.68.